The summed E-state index contributed by atoms with van der Waals surface area (Å²) in [6, 6.07) is -4.57. The third kappa shape index (κ3) is 11.2. The number of aliphatic carboxylic acids is 1. The molecular weight excluding hydrogens is 480 g/mol. The number of unbranched alkanes of at least 4 members (excludes halogenated alkanes) is 1. The van der Waals surface area contributed by atoms with E-state index in [0.717, 1.165) is 0 Å². The molecule has 1 aromatic heterocycles. The number of H-pyrrole nitrogens is 1. The van der Waals surface area contributed by atoms with Gasteiger partial charge in [-0.1, -0.05) is 0 Å². The highest BCUT2D eigenvalue weighted by Crippen LogP contribution is 2.05. The van der Waals surface area contributed by atoms with Crippen molar-refractivity contribution < 1.29 is 29.1 Å². The van der Waals surface area contributed by atoms with Crippen LogP contribution in [-0.4, -0.2) is 81.1 Å². The number of carbonyl (C=O) groups is 5. The molecule has 1 aromatic rings. The number of nitrogens with zero attached hydrogens (tertiary/aromatic N) is 1. The van der Waals surface area contributed by atoms with E-state index in [9.17, 15) is 29.1 Å². The van der Waals surface area contributed by atoms with Crippen molar-refractivity contribution in [3.8, 4) is 0 Å². The summed E-state index contributed by atoms with van der Waals surface area (Å²) in [5, 5.41) is 16.8. The molecule has 0 aliphatic rings. The summed E-state index contributed by atoms with van der Waals surface area (Å²) in [5.41, 5.74) is 16.7. The maximum absolute atomic E-state index is 12.9. The second kappa shape index (κ2) is 15.7. The molecule has 1 heterocycles. The lowest BCUT2D eigenvalue weighted by molar-refractivity contribution is -0.142. The fourth-order valence-corrected chi connectivity index (χ4v) is 3.28. The monoisotopic (exact) mass is 514 g/mol. The number of carbonyl (C=O) groups excluding carboxylic acids is 4. The lowest BCUT2D eigenvalue weighted by atomic mass is 10.1. The Bertz CT molecular complexity index is 853. The molecule has 0 aliphatic heterocycles. The number of nitrogens with one attached hydrogen (secondary N) is 4. The predicted octanol–water partition coefficient (Wildman–Crippen LogP) is -2.86. The average Bonchev–Trinajstić information content (AvgIpc) is 3.32. The van der Waals surface area contributed by atoms with Gasteiger partial charge in [-0.15, -0.1) is 0 Å². The molecular formula is C20H34N8O6S. The van der Waals surface area contributed by atoms with Crippen LogP contribution in [0.5, 0.6) is 0 Å². The van der Waals surface area contributed by atoms with Crippen LogP contribution in [0.15, 0.2) is 12.5 Å². The van der Waals surface area contributed by atoms with Gasteiger partial charge in [0, 0.05) is 30.5 Å². The molecule has 0 radical (unpaired) electrons. The molecule has 14 nitrogen and oxygen atoms in total. The first kappa shape index (κ1) is 29.9. The Hall–Kier alpha value is -3.17. The zero-order valence-corrected chi connectivity index (χ0v) is 20.1. The minimum absolute atomic E-state index is 0.00628. The first-order chi connectivity index (χ1) is 16.6. The Balaban J connectivity index is 2.90. The summed E-state index contributed by atoms with van der Waals surface area (Å²) in [6.07, 6.45) is 3.98. The van der Waals surface area contributed by atoms with Crippen LogP contribution in [0.25, 0.3) is 0 Å². The smallest absolute Gasteiger partial charge is 0.326 e. The van der Waals surface area contributed by atoms with E-state index in [0.29, 0.717) is 25.1 Å². The van der Waals surface area contributed by atoms with Crippen molar-refractivity contribution in [3.05, 3.63) is 18.2 Å². The van der Waals surface area contributed by atoms with E-state index >= 15 is 0 Å². The predicted molar refractivity (Wildman–Crippen MR) is 129 cm³/mol. The Kier molecular flexibility index (Phi) is 13.4. The number of primary amides is 1. The number of aromatic amines is 1. The van der Waals surface area contributed by atoms with Gasteiger partial charge in [-0.3, -0.25) is 19.2 Å². The van der Waals surface area contributed by atoms with Crippen LogP contribution >= 0.6 is 12.6 Å². The molecule has 0 saturated heterocycles. The molecule has 35 heavy (non-hydrogen) atoms. The molecule has 4 amide bonds. The zero-order chi connectivity index (χ0) is 26.4. The normalized spacial score (nSPS) is 14.3. The first-order valence-electron chi connectivity index (χ1n) is 11.0. The minimum atomic E-state index is -1.22. The van der Waals surface area contributed by atoms with Gasteiger partial charge < -0.3 is 43.2 Å². The molecule has 4 unspecified atom stereocenters. The van der Waals surface area contributed by atoms with Crippen molar-refractivity contribution in [2.24, 2.45) is 17.2 Å². The van der Waals surface area contributed by atoms with Crippen molar-refractivity contribution in [1.29, 1.82) is 0 Å². The van der Waals surface area contributed by atoms with Crippen LogP contribution < -0.4 is 33.2 Å². The third-order valence-electron chi connectivity index (χ3n) is 5.03. The van der Waals surface area contributed by atoms with Gasteiger partial charge in [0.05, 0.1) is 12.4 Å². The first-order valence-corrected chi connectivity index (χ1v) is 11.7. The molecule has 1 rings (SSSR count). The van der Waals surface area contributed by atoms with E-state index < -0.39 is 53.8 Å². The Morgan fingerprint density at radius 2 is 1.63 bits per heavy atom. The summed E-state index contributed by atoms with van der Waals surface area (Å²) >= 11 is 4.08. The van der Waals surface area contributed by atoms with Gasteiger partial charge >= 0.3 is 5.97 Å². The van der Waals surface area contributed by atoms with Crippen molar-refractivity contribution in [3.63, 3.8) is 0 Å². The fraction of sp³-hybridized carbons (Fsp3) is 0.600. The largest absolute Gasteiger partial charge is 0.480 e. The zero-order valence-electron chi connectivity index (χ0n) is 19.2. The molecule has 0 aromatic carbocycles. The van der Waals surface area contributed by atoms with Gasteiger partial charge in [-0.05, 0) is 32.2 Å². The number of thiol groups is 1. The molecule has 15 heteroatoms. The summed E-state index contributed by atoms with van der Waals surface area (Å²) in [6.45, 7) is 0.391. The maximum Gasteiger partial charge on any atom is 0.326 e. The van der Waals surface area contributed by atoms with Crippen LogP contribution in [0.3, 0.4) is 0 Å². The van der Waals surface area contributed by atoms with Crippen LogP contribution in [0.2, 0.25) is 0 Å². The van der Waals surface area contributed by atoms with Gasteiger partial charge in [-0.2, -0.15) is 12.6 Å². The summed E-state index contributed by atoms with van der Waals surface area (Å²) in [4.78, 5) is 67.2. The van der Waals surface area contributed by atoms with Crippen molar-refractivity contribution in [2.45, 2.75) is 62.7 Å². The maximum atomic E-state index is 12.9. The number of aromatic nitrogens is 2. The highest BCUT2D eigenvalue weighted by Gasteiger charge is 2.30. The highest BCUT2D eigenvalue weighted by molar-refractivity contribution is 7.80. The highest BCUT2D eigenvalue weighted by atomic mass is 32.1. The molecule has 0 fully saturated rings. The molecule has 0 aliphatic carbocycles. The summed E-state index contributed by atoms with van der Waals surface area (Å²) in [7, 11) is 0. The quantitative estimate of drug-likeness (QED) is 0.0765. The number of amides is 4. The Morgan fingerprint density at radius 3 is 2.17 bits per heavy atom. The average molecular weight is 515 g/mol. The van der Waals surface area contributed by atoms with Crippen LogP contribution in [0.1, 0.15) is 37.8 Å². The topological polar surface area (TPSA) is 248 Å². The molecule has 11 N–H and O–H groups in total. The Labute approximate surface area is 207 Å². The fourth-order valence-electron chi connectivity index (χ4n) is 3.02. The SMILES string of the molecule is NCCCCC(NC(=O)C(Cc1cnc[nH]1)NC(=O)C(CS)NC(=O)C(N)CCC(N)=O)C(=O)O. The van der Waals surface area contributed by atoms with E-state index in [1.54, 1.807) is 0 Å². The van der Waals surface area contributed by atoms with Crippen molar-refractivity contribution in [2.75, 3.05) is 12.3 Å². The van der Waals surface area contributed by atoms with E-state index in [4.69, 9.17) is 17.2 Å². The number of hydrogen-bond acceptors (Lipinski definition) is 9. The number of carboxylic acids is 1. The Morgan fingerprint density at radius 1 is 1.00 bits per heavy atom. The van der Waals surface area contributed by atoms with Gasteiger partial charge in [0.1, 0.15) is 18.1 Å². The summed E-state index contributed by atoms with van der Waals surface area (Å²) in [5.74, 6) is -4.10. The lowest BCUT2D eigenvalue weighted by Crippen LogP contribution is -2.58. The second-order valence-electron chi connectivity index (χ2n) is 7.88. The number of hydrogen-bond donors (Lipinski definition) is 9. The molecule has 196 valence electrons. The van der Waals surface area contributed by atoms with Crippen molar-refractivity contribution >= 4 is 42.2 Å². The number of rotatable bonds is 17. The second-order valence-corrected chi connectivity index (χ2v) is 8.25. The van der Waals surface area contributed by atoms with Gasteiger partial charge in [-0.25, -0.2) is 9.78 Å². The number of nitrogens with two attached hydrogens (primary N) is 3. The van der Waals surface area contributed by atoms with E-state index in [-0.39, 0.29) is 31.4 Å². The van der Waals surface area contributed by atoms with Crippen LogP contribution in [-0.2, 0) is 30.4 Å². The van der Waals surface area contributed by atoms with E-state index in [1.165, 1.54) is 12.5 Å². The molecule has 4 atom stereocenters. The van der Waals surface area contributed by atoms with Crippen LogP contribution in [0.4, 0.5) is 0 Å². The standard InChI is InChI=1S/C20H34N8O6S/c21-6-2-1-3-13(20(33)34)26-18(31)14(7-11-8-24-10-25-11)27-19(32)15(9-35)28-17(30)12(22)4-5-16(23)29/h8,10,12-15,35H,1-7,9,21-22H2,(H2,23,29)(H,24,25)(H,26,31)(H,27,32)(H,28,30)(H,33,34). The van der Waals surface area contributed by atoms with E-state index in [1.807, 2.05) is 0 Å². The van der Waals surface area contributed by atoms with Gasteiger partial charge in [0.15, 0.2) is 0 Å². The van der Waals surface area contributed by atoms with Gasteiger partial charge in [0.25, 0.3) is 0 Å². The minimum Gasteiger partial charge on any atom is -0.480 e. The number of imidazole rings is 1. The molecule has 0 spiro atoms. The number of carboxylic acid groups (broad SMARTS) is 1. The molecule has 0 bridgehead atoms. The third-order valence-corrected chi connectivity index (χ3v) is 5.39. The van der Waals surface area contributed by atoms with E-state index in [2.05, 4.69) is 38.5 Å². The summed E-state index contributed by atoms with van der Waals surface area (Å²) < 4.78 is 0. The van der Waals surface area contributed by atoms with Crippen LogP contribution in [0, 0.1) is 0 Å². The lowest BCUT2D eigenvalue weighted by Gasteiger charge is -2.24. The molecule has 0 saturated carbocycles. The van der Waals surface area contributed by atoms with Gasteiger partial charge in [0.2, 0.25) is 23.6 Å². The van der Waals surface area contributed by atoms with Crippen molar-refractivity contribution in [1.82, 2.24) is 25.9 Å².